The molecule has 0 radical (unpaired) electrons. The Kier molecular flexibility index (Phi) is 4.15. The van der Waals surface area contributed by atoms with Crippen molar-refractivity contribution < 1.29 is 22.7 Å². The zero-order valence-electron chi connectivity index (χ0n) is 9.96. The highest BCUT2D eigenvalue weighted by atomic mass is 79.9. The smallest absolute Gasteiger partial charge is 0.384 e. The van der Waals surface area contributed by atoms with Crippen LogP contribution >= 0.6 is 15.9 Å². The summed E-state index contributed by atoms with van der Waals surface area (Å²) >= 11 is 3.13. The molecule has 2 rings (SSSR count). The van der Waals surface area contributed by atoms with E-state index in [0.29, 0.717) is 4.47 Å². The lowest BCUT2D eigenvalue weighted by atomic mass is 9.99. The fourth-order valence-corrected chi connectivity index (χ4v) is 2.17. The molecule has 2 aromatic rings. The molecule has 1 atom stereocenters. The van der Waals surface area contributed by atoms with E-state index in [1.807, 2.05) is 0 Å². The standard InChI is InChI=1S/C14H9BrF4O/c15-10-4-5-12(16)11(7-10)13(20)8-2-1-3-9(6-8)14(17,18)19/h1-7,13,20H. The van der Waals surface area contributed by atoms with Gasteiger partial charge in [0.05, 0.1) is 5.56 Å². The normalized spacial score (nSPS) is 13.3. The Morgan fingerprint density at radius 3 is 2.40 bits per heavy atom. The Morgan fingerprint density at radius 2 is 1.75 bits per heavy atom. The molecule has 0 heterocycles. The van der Waals surface area contributed by atoms with Gasteiger partial charge in [0.15, 0.2) is 0 Å². The third kappa shape index (κ3) is 3.19. The van der Waals surface area contributed by atoms with E-state index in [-0.39, 0.29) is 11.1 Å². The second kappa shape index (κ2) is 5.54. The third-order valence-corrected chi connectivity index (χ3v) is 3.28. The highest BCUT2D eigenvalue weighted by Crippen LogP contribution is 2.33. The summed E-state index contributed by atoms with van der Waals surface area (Å²) in [6.07, 6.45) is -5.97. The maximum Gasteiger partial charge on any atom is 0.416 e. The van der Waals surface area contributed by atoms with Gasteiger partial charge in [-0.2, -0.15) is 13.2 Å². The summed E-state index contributed by atoms with van der Waals surface area (Å²) in [5, 5.41) is 10.1. The molecule has 0 spiro atoms. The van der Waals surface area contributed by atoms with Crippen LogP contribution in [0.25, 0.3) is 0 Å². The molecule has 0 amide bonds. The minimum absolute atomic E-state index is 0.0168. The Bertz CT molecular complexity index is 625. The Balaban J connectivity index is 2.43. The molecular formula is C14H9BrF4O. The molecule has 0 aliphatic rings. The molecule has 0 aromatic heterocycles. The van der Waals surface area contributed by atoms with Crippen LogP contribution in [0.2, 0.25) is 0 Å². The van der Waals surface area contributed by atoms with Gasteiger partial charge in [0, 0.05) is 10.0 Å². The minimum atomic E-state index is -4.51. The monoisotopic (exact) mass is 348 g/mol. The molecule has 1 N–H and O–H groups in total. The molecule has 1 unspecified atom stereocenters. The summed E-state index contributed by atoms with van der Waals surface area (Å²) in [5.41, 5.74) is -0.986. The van der Waals surface area contributed by atoms with E-state index in [0.717, 1.165) is 18.2 Å². The summed E-state index contributed by atoms with van der Waals surface area (Å²) in [6, 6.07) is 8.12. The summed E-state index contributed by atoms with van der Waals surface area (Å²) in [7, 11) is 0. The summed E-state index contributed by atoms with van der Waals surface area (Å²) in [5.74, 6) is -0.682. The second-order valence-electron chi connectivity index (χ2n) is 4.19. The number of rotatable bonds is 2. The maximum atomic E-state index is 13.6. The van der Waals surface area contributed by atoms with Crippen molar-refractivity contribution in [3.8, 4) is 0 Å². The van der Waals surface area contributed by atoms with E-state index in [1.165, 1.54) is 24.3 Å². The molecule has 2 aromatic carbocycles. The summed E-state index contributed by atoms with van der Waals surface area (Å²) in [6.45, 7) is 0. The topological polar surface area (TPSA) is 20.2 Å². The van der Waals surface area contributed by atoms with Crippen molar-refractivity contribution in [1.82, 2.24) is 0 Å². The van der Waals surface area contributed by atoms with E-state index >= 15 is 0 Å². The molecule has 6 heteroatoms. The fourth-order valence-electron chi connectivity index (χ4n) is 1.79. The Hall–Kier alpha value is -1.40. The molecular weight excluding hydrogens is 340 g/mol. The van der Waals surface area contributed by atoms with Gasteiger partial charge in [0.2, 0.25) is 0 Å². The zero-order chi connectivity index (χ0) is 14.9. The van der Waals surface area contributed by atoms with Crippen molar-refractivity contribution in [2.75, 3.05) is 0 Å². The molecule has 0 fully saturated rings. The highest BCUT2D eigenvalue weighted by Gasteiger charge is 2.31. The van der Waals surface area contributed by atoms with Gasteiger partial charge in [0.25, 0.3) is 0 Å². The molecule has 106 valence electrons. The van der Waals surface area contributed by atoms with Crippen molar-refractivity contribution >= 4 is 15.9 Å². The van der Waals surface area contributed by atoms with E-state index in [2.05, 4.69) is 15.9 Å². The third-order valence-electron chi connectivity index (χ3n) is 2.78. The molecule has 1 nitrogen and oxygen atoms in total. The maximum absolute atomic E-state index is 13.6. The van der Waals surface area contributed by atoms with Crippen molar-refractivity contribution in [2.45, 2.75) is 12.3 Å². The quantitative estimate of drug-likeness (QED) is 0.780. The average Bonchev–Trinajstić information content (AvgIpc) is 2.40. The van der Waals surface area contributed by atoms with E-state index < -0.39 is 23.7 Å². The first-order valence-electron chi connectivity index (χ1n) is 5.59. The van der Waals surface area contributed by atoms with Gasteiger partial charge in [-0.1, -0.05) is 28.1 Å². The number of hydrogen-bond acceptors (Lipinski definition) is 1. The Morgan fingerprint density at radius 1 is 1.05 bits per heavy atom. The van der Waals surface area contributed by atoms with Crippen LogP contribution in [-0.2, 0) is 6.18 Å². The first-order valence-corrected chi connectivity index (χ1v) is 6.38. The SMILES string of the molecule is OC(c1cccc(C(F)(F)F)c1)c1cc(Br)ccc1F. The molecule has 0 saturated heterocycles. The largest absolute Gasteiger partial charge is 0.416 e. The molecule has 0 saturated carbocycles. The number of halogens is 5. The van der Waals surface area contributed by atoms with Gasteiger partial charge in [-0.15, -0.1) is 0 Å². The minimum Gasteiger partial charge on any atom is -0.384 e. The van der Waals surface area contributed by atoms with Crippen molar-refractivity contribution in [3.05, 3.63) is 69.4 Å². The summed E-state index contributed by atoms with van der Waals surface area (Å²) in [4.78, 5) is 0. The number of aliphatic hydroxyl groups is 1. The van der Waals surface area contributed by atoms with E-state index in [4.69, 9.17) is 0 Å². The van der Waals surface area contributed by atoms with Crippen LogP contribution in [0.3, 0.4) is 0 Å². The second-order valence-corrected chi connectivity index (χ2v) is 5.11. The number of alkyl halides is 3. The first kappa shape index (κ1) is 15.0. The summed E-state index contributed by atoms with van der Waals surface area (Å²) < 4.78 is 52.0. The van der Waals surface area contributed by atoms with Crippen LogP contribution in [0.15, 0.2) is 46.9 Å². The van der Waals surface area contributed by atoms with Gasteiger partial charge >= 0.3 is 6.18 Å². The van der Waals surface area contributed by atoms with E-state index in [9.17, 15) is 22.7 Å². The first-order chi connectivity index (χ1) is 9.29. The Labute approximate surface area is 121 Å². The predicted octanol–water partition coefficient (Wildman–Crippen LogP) is 4.69. The van der Waals surface area contributed by atoms with Gasteiger partial charge in [0.1, 0.15) is 11.9 Å². The molecule has 20 heavy (non-hydrogen) atoms. The van der Waals surface area contributed by atoms with Crippen LogP contribution < -0.4 is 0 Å². The van der Waals surface area contributed by atoms with Crippen molar-refractivity contribution in [2.24, 2.45) is 0 Å². The van der Waals surface area contributed by atoms with Gasteiger partial charge in [-0.3, -0.25) is 0 Å². The average molecular weight is 349 g/mol. The highest BCUT2D eigenvalue weighted by molar-refractivity contribution is 9.10. The lowest BCUT2D eigenvalue weighted by Crippen LogP contribution is -2.08. The number of benzene rings is 2. The fraction of sp³-hybridized carbons (Fsp3) is 0.143. The number of hydrogen-bond donors (Lipinski definition) is 1. The van der Waals surface area contributed by atoms with Gasteiger partial charge < -0.3 is 5.11 Å². The van der Waals surface area contributed by atoms with Gasteiger partial charge in [-0.25, -0.2) is 4.39 Å². The van der Waals surface area contributed by atoms with Crippen LogP contribution in [0.1, 0.15) is 22.8 Å². The predicted molar refractivity (Wildman–Crippen MR) is 69.6 cm³/mol. The molecule has 0 aliphatic heterocycles. The lowest BCUT2D eigenvalue weighted by Gasteiger charge is -2.15. The number of aliphatic hydroxyl groups excluding tert-OH is 1. The van der Waals surface area contributed by atoms with Crippen molar-refractivity contribution in [3.63, 3.8) is 0 Å². The molecule has 0 aliphatic carbocycles. The van der Waals surface area contributed by atoms with Crippen LogP contribution in [-0.4, -0.2) is 5.11 Å². The van der Waals surface area contributed by atoms with Gasteiger partial charge in [-0.05, 0) is 35.9 Å². The van der Waals surface area contributed by atoms with E-state index in [1.54, 1.807) is 0 Å². The lowest BCUT2D eigenvalue weighted by molar-refractivity contribution is -0.137. The molecule has 0 bridgehead atoms. The van der Waals surface area contributed by atoms with Crippen LogP contribution in [0, 0.1) is 5.82 Å². The van der Waals surface area contributed by atoms with Crippen LogP contribution in [0.4, 0.5) is 17.6 Å². The zero-order valence-corrected chi connectivity index (χ0v) is 11.5. The van der Waals surface area contributed by atoms with Crippen molar-refractivity contribution in [1.29, 1.82) is 0 Å². The van der Waals surface area contributed by atoms with Crippen LogP contribution in [0.5, 0.6) is 0 Å².